The Morgan fingerprint density at radius 2 is 1.76 bits per heavy atom. The van der Waals surface area contributed by atoms with Crippen molar-refractivity contribution in [3.05, 3.63) is 64.5 Å². The zero-order valence-corrected chi connectivity index (χ0v) is 20.7. The Bertz CT molecular complexity index is 1150. The van der Waals surface area contributed by atoms with Crippen LogP contribution in [0.5, 0.6) is 5.75 Å². The van der Waals surface area contributed by atoms with E-state index in [0.29, 0.717) is 22.3 Å². The van der Waals surface area contributed by atoms with Gasteiger partial charge in [-0.25, -0.2) is 0 Å². The maximum atomic E-state index is 12.6. The Kier molecular flexibility index (Phi) is 8.30. The zero-order chi connectivity index (χ0) is 24.8. The number of ether oxygens (including phenoxy) is 1. The van der Waals surface area contributed by atoms with Crippen LogP contribution < -0.4 is 15.4 Å². The predicted molar refractivity (Wildman–Crippen MR) is 131 cm³/mol. The van der Waals surface area contributed by atoms with Crippen molar-refractivity contribution in [3.8, 4) is 5.75 Å². The van der Waals surface area contributed by atoms with Gasteiger partial charge in [-0.2, -0.15) is 0 Å². The van der Waals surface area contributed by atoms with Crippen LogP contribution in [0.25, 0.3) is 0 Å². The molecule has 0 saturated heterocycles. The highest BCUT2D eigenvalue weighted by Crippen LogP contribution is 2.24. The smallest absolute Gasteiger partial charge is 0.251 e. The molecular formula is C24H29N5O4S. The van der Waals surface area contributed by atoms with Crippen molar-refractivity contribution in [2.24, 2.45) is 7.05 Å². The molecule has 1 atom stereocenters. The lowest BCUT2D eigenvalue weighted by Crippen LogP contribution is -2.32. The molecule has 10 heteroatoms. The van der Waals surface area contributed by atoms with E-state index >= 15 is 0 Å². The molecule has 2 aromatic carbocycles. The van der Waals surface area contributed by atoms with Crippen LogP contribution in [-0.4, -0.2) is 51.2 Å². The number of aliphatic hydroxyl groups excluding tert-OH is 1. The van der Waals surface area contributed by atoms with Gasteiger partial charge in [-0.15, -0.1) is 10.2 Å². The second-order valence-corrected chi connectivity index (χ2v) is 8.89. The molecule has 0 unspecified atom stereocenters. The Morgan fingerprint density at radius 3 is 2.35 bits per heavy atom. The quantitative estimate of drug-likeness (QED) is 0.401. The number of amides is 2. The van der Waals surface area contributed by atoms with Gasteiger partial charge in [-0.3, -0.25) is 9.59 Å². The number of anilines is 1. The molecule has 3 rings (SSSR count). The fraction of sp³-hybridized carbons (Fsp3) is 0.333. The second-order valence-electron chi connectivity index (χ2n) is 7.95. The molecule has 0 bridgehead atoms. The minimum atomic E-state index is -0.756. The van der Waals surface area contributed by atoms with Crippen molar-refractivity contribution in [1.82, 2.24) is 20.1 Å². The third kappa shape index (κ3) is 5.95. The summed E-state index contributed by atoms with van der Waals surface area (Å²) < 4.78 is 6.77. The minimum absolute atomic E-state index is 0.140. The summed E-state index contributed by atoms with van der Waals surface area (Å²) in [7, 11) is 3.28. The van der Waals surface area contributed by atoms with Gasteiger partial charge in [0, 0.05) is 18.3 Å². The van der Waals surface area contributed by atoms with Crippen molar-refractivity contribution in [2.45, 2.75) is 32.0 Å². The van der Waals surface area contributed by atoms with Gasteiger partial charge >= 0.3 is 0 Å². The fourth-order valence-electron chi connectivity index (χ4n) is 3.61. The second kappa shape index (κ2) is 11.2. The number of nitrogens with one attached hydrogen (secondary N) is 2. The van der Waals surface area contributed by atoms with E-state index < -0.39 is 6.04 Å². The lowest BCUT2D eigenvalue weighted by atomic mass is 10.1. The van der Waals surface area contributed by atoms with Crippen molar-refractivity contribution in [1.29, 1.82) is 0 Å². The number of hydrogen-bond acceptors (Lipinski definition) is 7. The molecule has 3 aromatic rings. The van der Waals surface area contributed by atoms with Gasteiger partial charge in [0.25, 0.3) is 5.91 Å². The number of methoxy groups -OCH3 is 1. The highest BCUT2D eigenvalue weighted by atomic mass is 32.2. The molecule has 1 heterocycles. The van der Waals surface area contributed by atoms with Crippen LogP contribution in [0.15, 0.2) is 41.6 Å². The van der Waals surface area contributed by atoms with Crippen LogP contribution in [0.1, 0.15) is 38.9 Å². The van der Waals surface area contributed by atoms with Crippen molar-refractivity contribution in [3.63, 3.8) is 0 Å². The van der Waals surface area contributed by atoms with Gasteiger partial charge in [0.2, 0.25) is 5.91 Å². The van der Waals surface area contributed by atoms with E-state index in [1.807, 2.05) is 32.9 Å². The van der Waals surface area contributed by atoms with E-state index in [0.717, 1.165) is 22.4 Å². The summed E-state index contributed by atoms with van der Waals surface area (Å²) in [5, 5.41) is 24.3. The largest absolute Gasteiger partial charge is 0.497 e. The SMILES string of the molecule is COc1ccc(C(=O)N[C@@H](CO)c2nnc(SCC(=O)Nc3c(C)cc(C)cc3C)n2C)cc1. The third-order valence-corrected chi connectivity index (χ3v) is 6.31. The molecule has 3 N–H and O–H groups in total. The van der Waals surface area contributed by atoms with Crippen LogP contribution in [-0.2, 0) is 11.8 Å². The molecule has 0 spiro atoms. The number of benzene rings is 2. The Morgan fingerprint density at radius 1 is 1.12 bits per heavy atom. The number of thioether (sulfide) groups is 1. The van der Waals surface area contributed by atoms with E-state index in [4.69, 9.17) is 4.74 Å². The molecular weight excluding hydrogens is 454 g/mol. The van der Waals surface area contributed by atoms with E-state index in [1.165, 1.54) is 11.8 Å². The summed E-state index contributed by atoms with van der Waals surface area (Å²) in [6, 6.07) is 9.94. The molecule has 0 fully saturated rings. The maximum Gasteiger partial charge on any atom is 0.251 e. The van der Waals surface area contributed by atoms with Gasteiger partial charge in [0.1, 0.15) is 11.8 Å². The van der Waals surface area contributed by atoms with E-state index in [-0.39, 0.29) is 24.2 Å². The topological polar surface area (TPSA) is 118 Å². The summed E-state index contributed by atoms with van der Waals surface area (Å²) in [4.78, 5) is 25.1. The van der Waals surface area contributed by atoms with Gasteiger partial charge in [-0.1, -0.05) is 29.5 Å². The number of carbonyl (C=O) groups is 2. The first kappa shape index (κ1) is 25.3. The highest BCUT2D eigenvalue weighted by Gasteiger charge is 2.22. The van der Waals surface area contributed by atoms with E-state index in [1.54, 1.807) is 43.0 Å². The number of rotatable bonds is 9. The molecule has 34 heavy (non-hydrogen) atoms. The first-order chi connectivity index (χ1) is 16.2. The number of hydrogen-bond donors (Lipinski definition) is 3. The molecule has 0 saturated carbocycles. The summed E-state index contributed by atoms with van der Waals surface area (Å²) in [5.41, 5.74) is 4.41. The zero-order valence-electron chi connectivity index (χ0n) is 19.9. The van der Waals surface area contributed by atoms with E-state index in [9.17, 15) is 14.7 Å². The van der Waals surface area contributed by atoms with Crippen LogP contribution in [0.3, 0.4) is 0 Å². The molecule has 0 aliphatic carbocycles. The molecule has 0 aliphatic heterocycles. The molecule has 0 radical (unpaired) electrons. The van der Waals surface area contributed by atoms with Crippen molar-refractivity contribution in [2.75, 3.05) is 24.8 Å². The number of carbonyl (C=O) groups excluding carboxylic acids is 2. The summed E-state index contributed by atoms with van der Waals surface area (Å²) in [6.07, 6.45) is 0. The minimum Gasteiger partial charge on any atom is -0.497 e. The van der Waals surface area contributed by atoms with Gasteiger partial charge in [-0.05, 0) is 56.2 Å². The average Bonchev–Trinajstić information content (AvgIpc) is 3.18. The van der Waals surface area contributed by atoms with Crippen LogP contribution in [0.2, 0.25) is 0 Å². The summed E-state index contributed by atoms with van der Waals surface area (Å²) in [5.74, 6) is 0.651. The van der Waals surface area contributed by atoms with Crippen LogP contribution in [0.4, 0.5) is 5.69 Å². The number of nitrogens with zero attached hydrogens (tertiary/aromatic N) is 3. The molecule has 9 nitrogen and oxygen atoms in total. The molecule has 1 aromatic heterocycles. The Balaban J connectivity index is 1.63. The van der Waals surface area contributed by atoms with Gasteiger partial charge in [0.15, 0.2) is 11.0 Å². The van der Waals surface area contributed by atoms with Crippen molar-refractivity contribution < 1.29 is 19.4 Å². The first-order valence-corrected chi connectivity index (χ1v) is 11.7. The molecule has 0 aliphatic rings. The third-order valence-electron chi connectivity index (χ3n) is 5.29. The molecule has 180 valence electrons. The Hall–Kier alpha value is -3.37. The maximum absolute atomic E-state index is 12.6. The summed E-state index contributed by atoms with van der Waals surface area (Å²) in [6.45, 7) is 5.59. The normalized spacial score (nSPS) is 11.7. The monoisotopic (exact) mass is 483 g/mol. The number of aromatic nitrogens is 3. The van der Waals surface area contributed by atoms with Gasteiger partial charge < -0.3 is 25.0 Å². The number of aryl methyl sites for hydroxylation is 3. The summed E-state index contributed by atoms with van der Waals surface area (Å²) >= 11 is 1.23. The lowest BCUT2D eigenvalue weighted by molar-refractivity contribution is -0.113. The van der Waals surface area contributed by atoms with Gasteiger partial charge in [0.05, 0.1) is 19.5 Å². The van der Waals surface area contributed by atoms with E-state index in [2.05, 4.69) is 20.8 Å². The first-order valence-electron chi connectivity index (χ1n) is 10.7. The predicted octanol–water partition coefficient (Wildman–Crippen LogP) is 2.94. The highest BCUT2D eigenvalue weighted by molar-refractivity contribution is 7.99. The Labute approximate surface area is 202 Å². The van der Waals surface area contributed by atoms with Crippen LogP contribution in [0, 0.1) is 20.8 Å². The standard InChI is InChI=1S/C24H29N5O4S/c1-14-10-15(2)21(16(3)11-14)26-20(31)13-34-24-28-27-22(29(24)4)19(12-30)25-23(32)17-6-8-18(33-5)9-7-17/h6-11,19,30H,12-13H2,1-5H3,(H,25,32)(H,26,31)/t19-/m0/s1. The lowest BCUT2D eigenvalue weighted by Gasteiger charge is -2.16. The fourth-order valence-corrected chi connectivity index (χ4v) is 4.33. The average molecular weight is 484 g/mol. The van der Waals surface area contributed by atoms with Crippen molar-refractivity contribution >= 4 is 29.3 Å². The van der Waals surface area contributed by atoms with Crippen LogP contribution >= 0.6 is 11.8 Å². The number of aliphatic hydroxyl groups is 1. The molecule has 2 amide bonds.